The number of rotatable bonds is 4. The van der Waals surface area contributed by atoms with Crippen LogP contribution in [0.3, 0.4) is 0 Å². The van der Waals surface area contributed by atoms with Gasteiger partial charge in [-0.15, -0.1) is 0 Å². The summed E-state index contributed by atoms with van der Waals surface area (Å²) in [6, 6.07) is 15.4. The van der Waals surface area contributed by atoms with Crippen molar-refractivity contribution in [3.63, 3.8) is 0 Å². The molecule has 0 amide bonds. The van der Waals surface area contributed by atoms with Crippen molar-refractivity contribution >= 4 is 17.3 Å². The SMILES string of the molecule is Cc1nc2cc(CO)ccn2c1-c1ccnc(Nc2ccccc2)n1. The van der Waals surface area contributed by atoms with Crippen LogP contribution in [-0.4, -0.2) is 24.5 Å². The van der Waals surface area contributed by atoms with Gasteiger partial charge in [0.25, 0.3) is 0 Å². The van der Waals surface area contributed by atoms with Gasteiger partial charge in [0.2, 0.25) is 5.95 Å². The molecule has 0 saturated carbocycles. The second-order valence-corrected chi connectivity index (χ2v) is 5.72. The molecule has 3 heterocycles. The van der Waals surface area contributed by atoms with Crippen molar-refractivity contribution in [3.05, 3.63) is 72.2 Å². The summed E-state index contributed by atoms with van der Waals surface area (Å²) in [4.78, 5) is 13.5. The zero-order valence-corrected chi connectivity index (χ0v) is 13.7. The first-order chi connectivity index (χ1) is 12.2. The molecule has 1 aromatic carbocycles. The Morgan fingerprint density at radius 2 is 1.92 bits per heavy atom. The van der Waals surface area contributed by atoms with Crippen molar-refractivity contribution in [1.82, 2.24) is 19.4 Å². The molecule has 124 valence electrons. The first-order valence-corrected chi connectivity index (χ1v) is 7.98. The van der Waals surface area contributed by atoms with Gasteiger partial charge in [0.05, 0.1) is 23.7 Å². The Labute approximate surface area is 144 Å². The average Bonchev–Trinajstić information content (AvgIpc) is 2.97. The minimum atomic E-state index is -0.00358. The molecule has 3 aromatic heterocycles. The van der Waals surface area contributed by atoms with E-state index in [0.717, 1.165) is 34.0 Å². The summed E-state index contributed by atoms with van der Waals surface area (Å²) >= 11 is 0. The Kier molecular flexibility index (Phi) is 3.87. The van der Waals surface area contributed by atoms with Crippen LogP contribution >= 0.6 is 0 Å². The summed E-state index contributed by atoms with van der Waals surface area (Å²) < 4.78 is 1.98. The van der Waals surface area contributed by atoms with E-state index in [9.17, 15) is 5.11 Å². The van der Waals surface area contributed by atoms with E-state index in [1.54, 1.807) is 6.20 Å². The summed E-state index contributed by atoms with van der Waals surface area (Å²) in [5, 5.41) is 12.5. The molecule has 6 heteroatoms. The third-order valence-electron chi connectivity index (χ3n) is 3.98. The highest BCUT2D eigenvalue weighted by atomic mass is 16.3. The van der Waals surface area contributed by atoms with Crippen LogP contribution in [0.2, 0.25) is 0 Å². The summed E-state index contributed by atoms with van der Waals surface area (Å²) in [5.41, 5.74) is 5.13. The molecule has 0 aliphatic heterocycles. The molecule has 0 radical (unpaired) electrons. The lowest BCUT2D eigenvalue weighted by molar-refractivity contribution is 0.282. The standard InChI is InChI=1S/C19H17N5O/c1-13-18(24-10-8-14(12-25)11-17(24)21-13)16-7-9-20-19(23-16)22-15-5-3-2-4-6-15/h2-11,25H,12H2,1H3,(H,20,22,23). The molecule has 0 saturated heterocycles. The van der Waals surface area contributed by atoms with Crippen molar-refractivity contribution in [1.29, 1.82) is 0 Å². The fraction of sp³-hybridized carbons (Fsp3) is 0.105. The van der Waals surface area contributed by atoms with Crippen molar-refractivity contribution in [2.24, 2.45) is 0 Å². The largest absolute Gasteiger partial charge is 0.392 e. The lowest BCUT2D eigenvalue weighted by Gasteiger charge is -2.07. The van der Waals surface area contributed by atoms with Crippen LogP contribution in [-0.2, 0) is 6.61 Å². The van der Waals surface area contributed by atoms with Crippen LogP contribution in [0.15, 0.2) is 60.9 Å². The lowest BCUT2D eigenvalue weighted by Crippen LogP contribution is -1.99. The number of benzene rings is 1. The molecule has 4 rings (SSSR count). The molecule has 2 N–H and O–H groups in total. The molecule has 0 aliphatic rings. The van der Waals surface area contributed by atoms with Crippen molar-refractivity contribution in [2.75, 3.05) is 5.32 Å². The molecular weight excluding hydrogens is 314 g/mol. The van der Waals surface area contributed by atoms with Crippen LogP contribution < -0.4 is 5.32 Å². The van der Waals surface area contributed by atoms with Gasteiger partial charge in [0.1, 0.15) is 5.65 Å². The Bertz CT molecular complexity index is 1030. The summed E-state index contributed by atoms with van der Waals surface area (Å²) in [5.74, 6) is 0.532. The number of pyridine rings is 1. The van der Waals surface area contributed by atoms with E-state index in [-0.39, 0.29) is 6.61 Å². The van der Waals surface area contributed by atoms with Crippen LogP contribution in [0.25, 0.3) is 17.0 Å². The van der Waals surface area contributed by atoms with Crippen molar-refractivity contribution in [2.45, 2.75) is 13.5 Å². The molecule has 0 unspecified atom stereocenters. The van der Waals surface area contributed by atoms with Gasteiger partial charge in [0.15, 0.2) is 0 Å². The predicted octanol–water partition coefficient (Wildman–Crippen LogP) is 3.34. The quantitative estimate of drug-likeness (QED) is 0.600. The minimum absolute atomic E-state index is 0.00358. The summed E-state index contributed by atoms with van der Waals surface area (Å²) in [6.45, 7) is 1.95. The van der Waals surface area contributed by atoms with Gasteiger partial charge < -0.3 is 10.4 Å². The molecule has 0 atom stereocenters. The molecule has 4 aromatic rings. The molecule has 25 heavy (non-hydrogen) atoms. The number of hydrogen-bond donors (Lipinski definition) is 2. The fourth-order valence-electron chi connectivity index (χ4n) is 2.81. The monoisotopic (exact) mass is 331 g/mol. The average molecular weight is 331 g/mol. The van der Waals surface area contributed by atoms with Crippen LogP contribution in [0.5, 0.6) is 0 Å². The van der Waals surface area contributed by atoms with E-state index in [1.165, 1.54) is 0 Å². The molecule has 6 nitrogen and oxygen atoms in total. The Hall–Kier alpha value is -3.25. The minimum Gasteiger partial charge on any atom is -0.392 e. The van der Waals surface area contributed by atoms with Gasteiger partial charge in [0, 0.05) is 18.1 Å². The van der Waals surface area contributed by atoms with Crippen molar-refractivity contribution in [3.8, 4) is 11.4 Å². The molecule has 0 spiro atoms. The van der Waals surface area contributed by atoms with Gasteiger partial charge in [-0.05, 0) is 42.8 Å². The lowest BCUT2D eigenvalue weighted by atomic mass is 10.2. The summed E-state index contributed by atoms with van der Waals surface area (Å²) in [7, 11) is 0. The topological polar surface area (TPSA) is 75.3 Å². The Morgan fingerprint density at radius 3 is 2.72 bits per heavy atom. The first-order valence-electron chi connectivity index (χ1n) is 7.98. The molecular formula is C19H17N5O. The number of imidazole rings is 1. The highest BCUT2D eigenvalue weighted by Gasteiger charge is 2.13. The zero-order valence-electron chi connectivity index (χ0n) is 13.7. The number of anilines is 2. The number of nitrogens with one attached hydrogen (secondary N) is 1. The van der Waals surface area contributed by atoms with E-state index < -0.39 is 0 Å². The Balaban J connectivity index is 1.76. The van der Waals surface area contributed by atoms with Crippen LogP contribution in [0.4, 0.5) is 11.6 Å². The van der Waals surface area contributed by atoms with Crippen LogP contribution in [0, 0.1) is 6.92 Å². The highest BCUT2D eigenvalue weighted by molar-refractivity contribution is 5.65. The third kappa shape index (κ3) is 2.95. The number of fused-ring (bicyclic) bond motifs is 1. The number of aliphatic hydroxyl groups is 1. The second-order valence-electron chi connectivity index (χ2n) is 5.72. The second kappa shape index (κ2) is 6.33. The number of aromatic nitrogens is 4. The van der Waals surface area contributed by atoms with E-state index in [2.05, 4.69) is 20.3 Å². The molecule has 0 bridgehead atoms. The number of para-hydroxylation sites is 1. The maximum atomic E-state index is 9.30. The normalized spacial score (nSPS) is 11.0. The van der Waals surface area contributed by atoms with Gasteiger partial charge in [-0.3, -0.25) is 4.40 Å². The zero-order chi connectivity index (χ0) is 17.2. The van der Waals surface area contributed by atoms with Gasteiger partial charge in [-0.25, -0.2) is 15.0 Å². The maximum Gasteiger partial charge on any atom is 0.227 e. The van der Waals surface area contributed by atoms with Crippen molar-refractivity contribution < 1.29 is 5.11 Å². The molecule has 0 aliphatic carbocycles. The Morgan fingerprint density at radius 1 is 1.08 bits per heavy atom. The third-order valence-corrected chi connectivity index (χ3v) is 3.98. The number of hydrogen-bond acceptors (Lipinski definition) is 5. The highest BCUT2D eigenvalue weighted by Crippen LogP contribution is 2.25. The van der Waals surface area contributed by atoms with E-state index in [0.29, 0.717) is 5.95 Å². The van der Waals surface area contributed by atoms with Gasteiger partial charge >= 0.3 is 0 Å². The van der Waals surface area contributed by atoms with Gasteiger partial charge in [-0.2, -0.15) is 0 Å². The number of aliphatic hydroxyl groups excluding tert-OH is 1. The van der Waals surface area contributed by atoms with E-state index in [4.69, 9.17) is 0 Å². The van der Waals surface area contributed by atoms with Crippen LogP contribution in [0.1, 0.15) is 11.3 Å². The fourth-order valence-corrected chi connectivity index (χ4v) is 2.81. The number of aryl methyl sites for hydroxylation is 1. The summed E-state index contributed by atoms with van der Waals surface area (Å²) in [6.07, 6.45) is 3.64. The smallest absolute Gasteiger partial charge is 0.227 e. The van der Waals surface area contributed by atoms with Gasteiger partial charge in [-0.1, -0.05) is 18.2 Å². The number of nitrogens with zero attached hydrogens (tertiary/aromatic N) is 4. The van der Waals surface area contributed by atoms with E-state index >= 15 is 0 Å². The predicted molar refractivity (Wildman–Crippen MR) is 96.6 cm³/mol. The molecule has 0 fully saturated rings. The van der Waals surface area contributed by atoms with E-state index in [1.807, 2.05) is 66.1 Å². The maximum absolute atomic E-state index is 9.30. The first kappa shape index (κ1) is 15.3.